The summed E-state index contributed by atoms with van der Waals surface area (Å²) in [6.07, 6.45) is 12.9. The molecule has 1 amide bonds. The topological polar surface area (TPSA) is 76.2 Å². The number of amides is 1. The van der Waals surface area contributed by atoms with Crippen LogP contribution in [-0.2, 0) is 0 Å². The Hall–Kier alpha value is -1.42. The molecule has 0 bridgehead atoms. The third-order valence-corrected chi connectivity index (χ3v) is 10.4. The van der Waals surface area contributed by atoms with Crippen LogP contribution in [0.5, 0.6) is 0 Å². The van der Waals surface area contributed by atoms with Gasteiger partial charge in [0.2, 0.25) is 0 Å². The lowest BCUT2D eigenvalue weighted by Gasteiger charge is -2.57. The molecule has 0 radical (unpaired) electrons. The Morgan fingerprint density at radius 3 is 2.65 bits per heavy atom. The van der Waals surface area contributed by atoms with Gasteiger partial charge in [0, 0.05) is 12.1 Å². The molecule has 1 heterocycles. The van der Waals surface area contributed by atoms with Crippen molar-refractivity contribution >= 4 is 5.91 Å². The Labute approximate surface area is 187 Å². The van der Waals surface area contributed by atoms with Crippen LogP contribution in [0.2, 0.25) is 0 Å². The fraction of sp³-hybridized carbons (Fsp3) is 0.778. The van der Waals surface area contributed by atoms with Gasteiger partial charge in [-0.2, -0.15) is 0 Å². The number of nitrogens with zero attached hydrogens (tertiary/aromatic N) is 1. The molecule has 4 fully saturated rings. The van der Waals surface area contributed by atoms with E-state index in [9.17, 15) is 9.90 Å². The van der Waals surface area contributed by atoms with Crippen molar-refractivity contribution in [1.82, 2.24) is 4.98 Å². The van der Waals surface area contributed by atoms with E-state index in [1.54, 1.807) is 0 Å². The SMILES string of the molecule is C[C@@H](c1ncccc1C(N)=O)[C@@H]1CC[C@H]2[C@@H]3CC[C@@H]4C[C@](C)(O)CC[C@@H]4[C@H]3CC[C@@]21C. The van der Waals surface area contributed by atoms with Gasteiger partial charge in [0.15, 0.2) is 0 Å². The van der Waals surface area contributed by atoms with Crippen molar-refractivity contribution in [3.8, 4) is 0 Å². The van der Waals surface area contributed by atoms with Gasteiger partial charge in [0.05, 0.1) is 16.9 Å². The number of rotatable bonds is 3. The van der Waals surface area contributed by atoms with Crippen LogP contribution in [0, 0.1) is 40.9 Å². The number of fused-ring (bicyclic) bond motifs is 5. The number of hydrogen-bond donors (Lipinski definition) is 2. The third-order valence-electron chi connectivity index (χ3n) is 10.4. The highest BCUT2D eigenvalue weighted by Gasteiger charge is 2.58. The largest absolute Gasteiger partial charge is 0.390 e. The normalized spacial score (nSPS) is 45.3. The van der Waals surface area contributed by atoms with Crippen LogP contribution >= 0.6 is 0 Å². The van der Waals surface area contributed by atoms with Crippen molar-refractivity contribution in [3.63, 3.8) is 0 Å². The Bertz CT molecular complexity index is 851. The minimum absolute atomic E-state index is 0.261. The van der Waals surface area contributed by atoms with E-state index >= 15 is 0 Å². The van der Waals surface area contributed by atoms with Crippen molar-refractivity contribution in [2.24, 2.45) is 46.7 Å². The molecule has 1 aromatic rings. The summed E-state index contributed by atoms with van der Waals surface area (Å²) in [5.74, 6) is 4.53. The van der Waals surface area contributed by atoms with E-state index in [2.05, 4.69) is 18.8 Å². The first kappa shape index (κ1) is 21.4. The molecule has 1 aromatic heterocycles. The molecule has 4 saturated carbocycles. The van der Waals surface area contributed by atoms with Gasteiger partial charge in [-0.15, -0.1) is 0 Å². The molecule has 0 unspecified atom stereocenters. The average molecular weight is 425 g/mol. The zero-order valence-corrected chi connectivity index (χ0v) is 19.5. The Morgan fingerprint density at radius 2 is 1.87 bits per heavy atom. The summed E-state index contributed by atoms with van der Waals surface area (Å²) in [6, 6.07) is 3.66. The first-order chi connectivity index (χ1) is 14.7. The number of hydrogen-bond acceptors (Lipinski definition) is 3. The van der Waals surface area contributed by atoms with E-state index in [1.807, 2.05) is 25.3 Å². The van der Waals surface area contributed by atoms with Gasteiger partial charge >= 0.3 is 0 Å². The lowest BCUT2D eigenvalue weighted by molar-refractivity contribution is -0.101. The number of pyridine rings is 1. The van der Waals surface area contributed by atoms with E-state index in [0.717, 1.165) is 48.1 Å². The van der Waals surface area contributed by atoms with Crippen LogP contribution < -0.4 is 5.73 Å². The van der Waals surface area contributed by atoms with E-state index in [-0.39, 0.29) is 11.8 Å². The highest BCUT2D eigenvalue weighted by atomic mass is 16.3. The number of aliphatic hydroxyl groups is 1. The lowest BCUT2D eigenvalue weighted by atomic mass is 9.48. The Balaban J connectivity index is 1.38. The van der Waals surface area contributed by atoms with Gasteiger partial charge in [0.1, 0.15) is 0 Å². The zero-order chi connectivity index (χ0) is 22.0. The van der Waals surface area contributed by atoms with Crippen molar-refractivity contribution in [2.45, 2.75) is 90.1 Å². The van der Waals surface area contributed by atoms with Gasteiger partial charge in [-0.05, 0) is 118 Å². The molecule has 4 aliphatic carbocycles. The fourth-order valence-electron chi connectivity index (χ4n) is 9.12. The standard InChI is InChI=1S/C27H40N2O2/c1-16(24-21(25(28)30)5-4-14-29-24)22-8-9-23-20-7-6-17-15-26(2,31)12-10-18(17)19(20)11-13-27(22,23)3/h4-5,14,16-20,22-23,31H,6-13,15H2,1-3H3,(H2,28,30)/t16-,17-,18+,19-,20-,22+,23+,26-,27-/m1/s1. The van der Waals surface area contributed by atoms with Crippen LogP contribution in [0.4, 0.5) is 0 Å². The van der Waals surface area contributed by atoms with Crippen molar-refractivity contribution < 1.29 is 9.90 Å². The molecule has 4 nitrogen and oxygen atoms in total. The van der Waals surface area contributed by atoms with Crippen LogP contribution in [0.1, 0.15) is 101 Å². The van der Waals surface area contributed by atoms with E-state index in [0.29, 0.717) is 16.9 Å². The van der Waals surface area contributed by atoms with E-state index in [1.165, 1.54) is 44.9 Å². The molecule has 0 saturated heterocycles. The quantitative estimate of drug-likeness (QED) is 0.691. The summed E-state index contributed by atoms with van der Waals surface area (Å²) in [7, 11) is 0. The molecule has 170 valence electrons. The number of nitrogens with two attached hydrogens (primary N) is 1. The van der Waals surface area contributed by atoms with Gasteiger partial charge in [0.25, 0.3) is 5.91 Å². The smallest absolute Gasteiger partial charge is 0.250 e. The molecule has 3 N–H and O–H groups in total. The minimum Gasteiger partial charge on any atom is -0.390 e. The second-order valence-corrected chi connectivity index (χ2v) is 12.0. The van der Waals surface area contributed by atoms with Gasteiger partial charge in [-0.25, -0.2) is 0 Å². The predicted octanol–water partition coefficient (Wildman–Crippen LogP) is 5.30. The van der Waals surface area contributed by atoms with Crippen molar-refractivity contribution in [3.05, 3.63) is 29.6 Å². The van der Waals surface area contributed by atoms with Crippen LogP contribution in [-0.4, -0.2) is 21.6 Å². The first-order valence-corrected chi connectivity index (χ1v) is 12.7. The van der Waals surface area contributed by atoms with Crippen LogP contribution in [0.3, 0.4) is 0 Å². The summed E-state index contributed by atoms with van der Waals surface area (Å²) in [6.45, 7) is 6.88. The lowest BCUT2D eigenvalue weighted by Crippen LogP contribution is -2.50. The number of carbonyl (C=O) groups is 1. The molecule has 4 aliphatic rings. The second-order valence-electron chi connectivity index (χ2n) is 12.0. The summed E-state index contributed by atoms with van der Waals surface area (Å²) >= 11 is 0. The highest BCUT2D eigenvalue weighted by Crippen LogP contribution is 2.66. The zero-order valence-electron chi connectivity index (χ0n) is 19.5. The maximum atomic E-state index is 12.0. The summed E-state index contributed by atoms with van der Waals surface area (Å²) in [5, 5.41) is 10.6. The summed E-state index contributed by atoms with van der Waals surface area (Å²) < 4.78 is 0. The van der Waals surface area contributed by atoms with E-state index in [4.69, 9.17) is 5.73 Å². The molecule has 0 spiro atoms. The number of primary amides is 1. The van der Waals surface area contributed by atoms with Gasteiger partial charge in [-0.3, -0.25) is 9.78 Å². The van der Waals surface area contributed by atoms with Gasteiger partial charge < -0.3 is 10.8 Å². The molecular weight excluding hydrogens is 384 g/mol. The molecule has 9 atom stereocenters. The molecule has 0 aliphatic heterocycles. The van der Waals surface area contributed by atoms with Crippen molar-refractivity contribution in [2.75, 3.05) is 0 Å². The van der Waals surface area contributed by atoms with E-state index < -0.39 is 5.60 Å². The molecule has 31 heavy (non-hydrogen) atoms. The predicted molar refractivity (Wildman–Crippen MR) is 122 cm³/mol. The molecule has 4 heteroatoms. The maximum Gasteiger partial charge on any atom is 0.250 e. The van der Waals surface area contributed by atoms with Crippen LogP contribution in [0.15, 0.2) is 18.3 Å². The average Bonchev–Trinajstić information content (AvgIpc) is 3.09. The van der Waals surface area contributed by atoms with Crippen LogP contribution in [0.25, 0.3) is 0 Å². The first-order valence-electron chi connectivity index (χ1n) is 12.7. The summed E-state index contributed by atoms with van der Waals surface area (Å²) in [4.78, 5) is 16.7. The molecular formula is C27H40N2O2. The number of aromatic nitrogens is 1. The highest BCUT2D eigenvalue weighted by molar-refractivity contribution is 5.94. The van der Waals surface area contributed by atoms with Crippen molar-refractivity contribution in [1.29, 1.82) is 0 Å². The maximum absolute atomic E-state index is 12.0. The fourth-order valence-corrected chi connectivity index (χ4v) is 9.12. The summed E-state index contributed by atoms with van der Waals surface area (Å²) in [5.41, 5.74) is 7.09. The molecule has 0 aromatic carbocycles. The minimum atomic E-state index is -0.439. The second kappa shape index (κ2) is 7.57. The number of carbonyl (C=O) groups excluding carboxylic acids is 1. The monoisotopic (exact) mass is 424 g/mol. The Kier molecular flexibility index (Phi) is 5.23. The Morgan fingerprint density at radius 1 is 1.10 bits per heavy atom. The third kappa shape index (κ3) is 3.44. The van der Waals surface area contributed by atoms with Gasteiger partial charge in [-0.1, -0.05) is 13.8 Å². The molecule has 5 rings (SSSR count).